The van der Waals surface area contributed by atoms with Crippen LogP contribution in [0.15, 0.2) is 41.4 Å². The molecular weight excluding hydrogens is 364 g/mol. The van der Waals surface area contributed by atoms with Crippen LogP contribution in [-0.2, 0) is 23.0 Å². The highest BCUT2D eigenvalue weighted by atomic mass is 32.1. The number of aryl methyl sites for hydroxylation is 2. The summed E-state index contributed by atoms with van der Waals surface area (Å²) in [5, 5.41) is 0. The second-order valence-corrected chi connectivity index (χ2v) is 7.11. The number of methoxy groups -OCH3 is 2. The molecule has 0 atom stereocenters. The number of ether oxygens (including phenoxy) is 2. The maximum absolute atomic E-state index is 12.4. The molecule has 0 aliphatic rings. The molecule has 7 heteroatoms. The number of hydrogen-bond acceptors (Lipinski definition) is 5. The fourth-order valence-corrected chi connectivity index (χ4v) is 3.93. The molecule has 27 heavy (non-hydrogen) atoms. The Hall–Kier alpha value is -2.93. The Balaban J connectivity index is 1.90. The zero-order valence-electron chi connectivity index (χ0n) is 15.6. The highest BCUT2D eigenvalue weighted by molar-refractivity contribution is 7.16. The summed E-state index contributed by atoms with van der Waals surface area (Å²) >= 11 is 1.36. The summed E-state index contributed by atoms with van der Waals surface area (Å²) in [4.78, 5) is 29.0. The van der Waals surface area contributed by atoms with Crippen molar-refractivity contribution in [2.24, 2.45) is 12.0 Å². The number of benzene rings is 2. The molecule has 0 fully saturated rings. The molecule has 3 rings (SSSR count). The van der Waals surface area contributed by atoms with E-state index in [-0.39, 0.29) is 12.3 Å². The molecule has 140 valence electrons. The summed E-state index contributed by atoms with van der Waals surface area (Å²) in [6.07, 6.45) is 0.215. The van der Waals surface area contributed by atoms with Gasteiger partial charge in [-0.05, 0) is 42.3 Å². The van der Waals surface area contributed by atoms with E-state index in [1.165, 1.54) is 18.4 Å². The molecular formula is C20H20N2O4S. The van der Waals surface area contributed by atoms with Gasteiger partial charge < -0.3 is 14.0 Å². The van der Waals surface area contributed by atoms with Gasteiger partial charge in [0.1, 0.15) is 5.75 Å². The van der Waals surface area contributed by atoms with Crippen molar-refractivity contribution in [2.75, 3.05) is 14.2 Å². The summed E-state index contributed by atoms with van der Waals surface area (Å²) in [7, 11) is 4.82. The van der Waals surface area contributed by atoms with E-state index in [4.69, 9.17) is 9.47 Å². The van der Waals surface area contributed by atoms with E-state index < -0.39 is 5.97 Å². The van der Waals surface area contributed by atoms with Crippen molar-refractivity contribution < 1.29 is 19.1 Å². The number of esters is 1. The van der Waals surface area contributed by atoms with Gasteiger partial charge in [-0.15, -0.1) is 0 Å². The lowest BCUT2D eigenvalue weighted by Gasteiger charge is -2.05. The van der Waals surface area contributed by atoms with Crippen molar-refractivity contribution in [3.05, 3.63) is 57.9 Å². The highest BCUT2D eigenvalue weighted by Gasteiger charge is 2.11. The molecule has 0 bridgehead atoms. The van der Waals surface area contributed by atoms with E-state index in [1.807, 2.05) is 42.8 Å². The summed E-state index contributed by atoms with van der Waals surface area (Å²) in [6.45, 7) is 1.94. The molecule has 0 unspecified atom stereocenters. The topological polar surface area (TPSA) is 69.9 Å². The lowest BCUT2D eigenvalue weighted by atomic mass is 10.1. The van der Waals surface area contributed by atoms with Crippen LogP contribution in [0.2, 0.25) is 0 Å². The van der Waals surface area contributed by atoms with Crippen LogP contribution in [0.25, 0.3) is 10.2 Å². The fraction of sp³-hybridized carbons (Fsp3) is 0.250. The highest BCUT2D eigenvalue weighted by Crippen LogP contribution is 2.20. The second-order valence-electron chi connectivity index (χ2n) is 6.10. The van der Waals surface area contributed by atoms with Crippen LogP contribution in [0.5, 0.6) is 5.75 Å². The summed E-state index contributed by atoms with van der Waals surface area (Å²) < 4.78 is 12.7. The second kappa shape index (κ2) is 7.75. The van der Waals surface area contributed by atoms with E-state index in [0.29, 0.717) is 10.4 Å². The molecule has 1 amide bonds. The van der Waals surface area contributed by atoms with Gasteiger partial charge in [-0.25, -0.2) is 4.79 Å². The van der Waals surface area contributed by atoms with Crippen molar-refractivity contribution in [2.45, 2.75) is 13.3 Å². The SMILES string of the molecule is COC(=O)c1ccc2c(c1)sc(=NC(=O)Cc1ccc(OC)c(C)c1)n2C. The van der Waals surface area contributed by atoms with E-state index in [1.54, 1.807) is 19.2 Å². The third kappa shape index (κ3) is 3.93. The molecule has 0 aliphatic carbocycles. The number of carbonyl (C=O) groups excluding carboxylic acids is 2. The van der Waals surface area contributed by atoms with Gasteiger partial charge >= 0.3 is 5.97 Å². The molecule has 1 heterocycles. The van der Waals surface area contributed by atoms with E-state index in [0.717, 1.165) is 27.1 Å². The first-order valence-electron chi connectivity index (χ1n) is 8.32. The smallest absolute Gasteiger partial charge is 0.337 e. The number of fused-ring (bicyclic) bond motifs is 1. The first-order valence-corrected chi connectivity index (χ1v) is 9.13. The normalized spacial score (nSPS) is 11.6. The molecule has 1 aromatic heterocycles. The van der Waals surface area contributed by atoms with Crippen molar-refractivity contribution in [1.82, 2.24) is 4.57 Å². The Labute approximate surface area is 160 Å². The number of thiazole rings is 1. The maximum atomic E-state index is 12.4. The van der Waals surface area contributed by atoms with Crippen LogP contribution in [0.1, 0.15) is 21.5 Å². The van der Waals surface area contributed by atoms with Crippen molar-refractivity contribution in [3.63, 3.8) is 0 Å². The monoisotopic (exact) mass is 384 g/mol. The van der Waals surface area contributed by atoms with E-state index in [9.17, 15) is 9.59 Å². The minimum absolute atomic E-state index is 0.215. The quantitative estimate of drug-likeness (QED) is 0.649. The Morgan fingerprint density at radius 1 is 1.15 bits per heavy atom. The summed E-state index contributed by atoms with van der Waals surface area (Å²) in [6, 6.07) is 10.9. The number of aromatic nitrogens is 1. The van der Waals surface area contributed by atoms with Gasteiger partial charge in [0.25, 0.3) is 5.91 Å². The van der Waals surface area contributed by atoms with Crippen molar-refractivity contribution >= 4 is 33.4 Å². The van der Waals surface area contributed by atoms with Crippen LogP contribution in [-0.4, -0.2) is 30.7 Å². The number of carbonyl (C=O) groups is 2. The Bertz CT molecular complexity index is 1100. The van der Waals surface area contributed by atoms with Crippen LogP contribution >= 0.6 is 11.3 Å². The molecule has 0 aliphatic heterocycles. The molecule has 0 N–H and O–H groups in total. The van der Waals surface area contributed by atoms with Gasteiger partial charge in [-0.3, -0.25) is 4.79 Å². The van der Waals surface area contributed by atoms with Gasteiger partial charge in [0, 0.05) is 7.05 Å². The van der Waals surface area contributed by atoms with Gasteiger partial charge in [-0.2, -0.15) is 4.99 Å². The third-order valence-electron chi connectivity index (χ3n) is 4.27. The zero-order valence-corrected chi connectivity index (χ0v) is 16.4. The predicted octanol–water partition coefficient (Wildman–Crippen LogP) is 3.01. The Morgan fingerprint density at radius 2 is 1.93 bits per heavy atom. The lowest BCUT2D eigenvalue weighted by molar-refractivity contribution is -0.117. The molecule has 3 aromatic rings. The number of amides is 1. The predicted molar refractivity (Wildman–Crippen MR) is 104 cm³/mol. The molecule has 0 spiro atoms. The largest absolute Gasteiger partial charge is 0.496 e. The van der Waals surface area contributed by atoms with Gasteiger partial charge in [0.15, 0.2) is 4.80 Å². The van der Waals surface area contributed by atoms with Crippen LogP contribution in [0.4, 0.5) is 0 Å². The van der Waals surface area contributed by atoms with Gasteiger partial charge in [-0.1, -0.05) is 23.5 Å². The minimum atomic E-state index is -0.391. The zero-order chi connectivity index (χ0) is 19.6. The van der Waals surface area contributed by atoms with Gasteiger partial charge in [0.05, 0.1) is 36.4 Å². The standard InChI is InChI=1S/C20H20N2O4S/c1-12-9-13(5-8-16(12)25-3)10-18(23)21-20-22(2)15-7-6-14(19(24)26-4)11-17(15)27-20/h5-9,11H,10H2,1-4H3. The fourth-order valence-electron chi connectivity index (χ4n) is 2.86. The maximum Gasteiger partial charge on any atom is 0.337 e. The van der Waals surface area contributed by atoms with Gasteiger partial charge in [0.2, 0.25) is 0 Å². The lowest BCUT2D eigenvalue weighted by Crippen LogP contribution is -2.14. The molecule has 0 radical (unpaired) electrons. The molecule has 6 nitrogen and oxygen atoms in total. The van der Waals surface area contributed by atoms with Crippen LogP contribution in [0, 0.1) is 6.92 Å². The minimum Gasteiger partial charge on any atom is -0.496 e. The number of rotatable bonds is 4. The Kier molecular flexibility index (Phi) is 5.41. The summed E-state index contributed by atoms with van der Waals surface area (Å²) in [5.41, 5.74) is 3.24. The van der Waals surface area contributed by atoms with Crippen molar-refractivity contribution in [3.8, 4) is 5.75 Å². The van der Waals surface area contributed by atoms with Crippen molar-refractivity contribution in [1.29, 1.82) is 0 Å². The summed E-state index contributed by atoms with van der Waals surface area (Å²) in [5.74, 6) is 0.174. The molecule has 2 aromatic carbocycles. The first kappa shape index (κ1) is 18.8. The van der Waals surface area contributed by atoms with Crippen LogP contribution < -0.4 is 9.54 Å². The molecule has 0 saturated carbocycles. The first-order chi connectivity index (χ1) is 12.9. The van der Waals surface area contributed by atoms with E-state index >= 15 is 0 Å². The molecule has 0 saturated heterocycles. The average Bonchev–Trinajstić information content (AvgIpc) is 2.96. The number of hydrogen-bond donors (Lipinski definition) is 0. The Morgan fingerprint density at radius 3 is 2.59 bits per heavy atom. The number of nitrogens with zero attached hydrogens (tertiary/aromatic N) is 2. The third-order valence-corrected chi connectivity index (χ3v) is 5.36. The van der Waals surface area contributed by atoms with Crippen LogP contribution in [0.3, 0.4) is 0 Å². The van der Waals surface area contributed by atoms with E-state index in [2.05, 4.69) is 4.99 Å². The average molecular weight is 384 g/mol.